The third-order valence-corrected chi connectivity index (χ3v) is 5.34. The van der Waals surface area contributed by atoms with Crippen molar-refractivity contribution < 1.29 is 9.53 Å². The van der Waals surface area contributed by atoms with Crippen LogP contribution in [0.3, 0.4) is 0 Å². The molecule has 1 aromatic carbocycles. The fraction of sp³-hybridized carbons (Fsp3) is 0.650. The summed E-state index contributed by atoms with van der Waals surface area (Å²) >= 11 is 0. The van der Waals surface area contributed by atoms with Crippen LogP contribution >= 0.6 is 0 Å². The number of hydrogen-bond acceptors (Lipinski definition) is 2. The zero-order valence-electron chi connectivity index (χ0n) is 14.5. The van der Waals surface area contributed by atoms with E-state index in [9.17, 15) is 4.79 Å². The van der Waals surface area contributed by atoms with Crippen LogP contribution in [-0.2, 0) is 17.6 Å². The summed E-state index contributed by atoms with van der Waals surface area (Å²) in [5.74, 6) is 1.76. The molecule has 126 valence electrons. The van der Waals surface area contributed by atoms with E-state index >= 15 is 0 Å². The van der Waals surface area contributed by atoms with Crippen LogP contribution in [0.5, 0.6) is 5.75 Å². The molecule has 1 amide bonds. The number of aryl methyl sites for hydroxylation is 2. The minimum atomic E-state index is -0.343. The van der Waals surface area contributed by atoms with Crippen molar-refractivity contribution in [2.24, 2.45) is 5.92 Å². The fourth-order valence-corrected chi connectivity index (χ4v) is 3.69. The first kappa shape index (κ1) is 16.4. The first-order valence-electron chi connectivity index (χ1n) is 9.24. The predicted octanol–water partition coefficient (Wildman–Crippen LogP) is 3.98. The van der Waals surface area contributed by atoms with Gasteiger partial charge in [0.25, 0.3) is 5.91 Å². The quantitative estimate of drug-likeness (QED) is 0.841. The lowest BCUT2D eigenvalue weighted by Gasteiger charge is -2.33. The second-order valence-electron chi connectivity index (χ2n) is 7.16. The average molecular weight is 315 g/mol. The highest BCUT2D eigenvalue weighted by Gasteiger charge is 2.27. The van der Waals surface area contributed by atoms with Crippen molar-refractivity contribution in [3.8, 4) is 5.75 Å². The van der Waals surface area contributed by atoms with Gasteiger partial charge in [-0.15, -0.1) is 0 Å². The number of hydrogen-bond donors (Lipinski definition) is 0. The SMILES string of the molecule is CC[C@@H](Oc1ccc2c(c1)CCCC2)C(=O)N1CCC(C)CC1. The molecule has 2 aliphatic rings. The number of rotatable bonds is 4. The summed E-state index contributed by atoms with van der Waals surface area (Å²) in [6.07, 6.45) is 7.48. The van der Waals surface area contributed by atoms with Gasteiger partial charge in [-0.25, -0.2) is 0 Å². The van der Waals surface area contributed by atoms with Crippen LogP contribution in [0.1, 0.15) is 57.1 Å². The lowest BCUT2D eigenvalue weighted by atomic mass is 9.92. The lowest BCUT2D eigenvalue weighted by molar-refractivity contribution is -0.140. The molecule has 0 unspecified atom stereocenters. The smallest absolute Gasteiger partial charge is 0.263 e. The lowest BCUT2D eigenvalue weighted by Crippen LogP contribution is -2.45. The molecule has 1 fully saturated rings. The van der Waals surface area contributed by atoms with Gasteiger partial charge in [0, 0.05) is 13.1 Å². The molecular formula is C20H29NO2. The van der Waals surface area contributed by atoms with Gasteiger partial charge in [0.05, 0.1) is 0 Å². The highest BCUT2D eigenvalue weighted by Crippen LogP contribution is 2.26. The Kier molecular flexibility index (Phi) is 5.24. The summed E-state index contributed by atoms with van der Waals surface area (Å²) in [4.78, 5) is 14.7. The highest BCUT2D eigenvalue weighted by molar-refractivity contribution is 5.81. The Hall–Kier alpha value is -1.51. The number of amides is 1. The minimum Gasteiger partial charge on any atom is -0.481 e. The molecule has 0 spiro atoms. The van der Waals surface area contributed by atoms with Crippen LogP contribution in [0.4, 0.5) is 0 Å². The third-order valence-electron chi connectivity index (χ3n) is 5.34. The second-order valence-corrected chi connectivity index (χ2v) is 7.16. The number of ether oxygens (including phenoxy) is 1. The largest absolute Gasteiger partial charge is 0.481 e. The summed E-state index contributed by atoms with van der Waals surface area (Å²) in [6.45, 7) is 6.06. The van der Waals surface area contributed by atoms with Crippen LogP contribution < -0.4 is 4.74 Å². The Morgan fingerprint density at radius 1 is 1.22 bits per heavy atom. The summed E-state index contributed by atoms with van der Waals surface area (Å²) in [6, 6.07) is 6.38. The molecule has 3 rings (SSSR count). The van der Waals surface area contributed by atoms with E-state index < -0.39 is 0 Å². The molecule has 0 saturated carbocycles. The van der Waals surface area contributed by atoms with Crippen LogP contribution in [0.2, 0.25) is 0 Å². The van der Waals surface area contributed by atoms with Crippen LogP contribution in [0.25, 0.3) is 0 Å². The first-order valence-corrected chi connectivity index (χ1v) is 9.24. The Morgan fingerprint density at radius 3 is 2.61 bits per heavy atom. The normalized spacial score (nSPS) is 20.0. The molecule has 1 heterocycles. The molecular weight excluding hydrogens is 286 g/mol. The number of fused-ring (bicyclic) bond motifs is 1. The van der Waals surface area contributed by atoms with E-state index in [1.54, 1.807) is 0 Å². The number of likely N-dealkylation sites (tertiary alicyclic amines) is 1. The van der Waals surface area contributed by atoms with Gasteiger partial charge in [0.2, 0.25) is 0 Å². The predicted molar refractivity (Wildman–Crippen MR) is 92.8 cm³/mol. The molecule has 0 aromatic heterocycles. The van der Waals surface area contributed by atoms with Crippen molar-refractivity contribution in [2.45, 2.75) is 64.9 Å². The molecule has 1 atom stereocenters. The molecule has 1 aromatic rings. The van der Waals surface area contributed by atoms with E-state index in [2.05, 4.69) is 19.1 Å². The van der Waals surface area contributed by atoms with Gasteiger partial charge in [-0.2, -0.15) is 0 Å². The summed E-state index contributed by atoms with van der Waals surface area (Å²) in [5, 5.41) is 0. The Labute approximate surface area is 140 Å². The first-order chi connectivity index (χ1) is 11.2. The van der Waals surface area contributed by atoms with Gasteiger partial charge in [0.15, 0.2) is 6.10 Å². The van der Waals surface area contributed by atoms with E-state index in [0.717, 1.165) is 50.4 Å². The molecule has 0 radical (unpaired) electrons. The standard InChI is InChI=1S/C20H29NO2/c1-3-19(20(22)21-12-10-15(2)11-13-21)23-18-9-8-16-6-4-5-7-17(16)14-18/h8-9,14-15,19H,3-7,10-13H2,1-2H3/t19-/m1/s1. The van der Waals surface area contributed by atoms with Gasteiger partial charge in [0.1, 0.15) is 5.75 Å². The summed E-state index contributed by atoms with van der Waals surface area (Å²) < 4.78 is 6.08. The Morgan fingerprint density at radius 2 is 1.91 bits per heavy atom. The topological polar surface area (TPSA) is 29.5 Å². The number of nitrogens with zero attached hydrogens (tertiary/aromatic N) is 1. The number of carbonyl (C=O) groups is 1. The molecule has 1 aliphatic heterocycles. The van der Waals surface area contributed by atoms with Crippen molar-refractivity contribution in [1.29, 1.82) is 0 Å². The van der Waals surface area contributed by atoms with Gasteiger partial charge in [-0.3, -0.25) is 4.79 Å². The summed E-state index contributed by atoms with van der Waals surface area (Å²) in [7, 11) is 0. The van der Waals surface area contributed by atoms with Crippen molar-refractivity contribution in [3.63, 3.8) is 0 Å². The van der Waals surface area contributed by atoms with Crippen molar-refractivity contribution in [3.05, 3.63) is 29.3 Å². The second kappa shape index (κ2) is 7.37. The van der Waals surface area contributed by atoms with Crippen LogP contribution in [0.15, 0.2) is 18.2 Å². The van der Waals surface area contributed by atoms with Crippen LogP contribution in [0, 0.1) is 5.92 Å². The van der Waals surface area contributed by atoms with E-state index in [4.69, 9.17) is 4.74 Å². The van der Waals surface area contributed by atoms with Crippen molar-refractivity contribution in [1.82, 2.24) is 4.90 Å². The molecule has 0 bridgehead atoms. The van der Waals surface area contributed by atoms with Gasteiger partial charge < -0.3 is 9.64 Å². The van der Waals surface area contributed by atoms with E-state index in [0.29, 0.717) is 0 Å². The van der Waals surface area contributed by atoms with E-state index in [-0.39, 0.29) is 12.0 Å². The van der Waals surface area contributed by atoms with Gasteiger partial charge in [-0.1, -0.05) is 19.9 Å². The molecule has 0 N–H and O–H groups in total. The maximum absolute atomic E-state index is 12.7. The van der Waals surface area contributed by atoms with Crippen molar-refractivity contribution in [2.75, 3.05) is 13.1 Å². The number of piperidine rings is 1. The molecule has 1 aliphatic carbocycles. The summed E-state index contributed by atoms with van der Waals surface area (Å²) in [5.41, 5.74) is 2.86. The van der Waals surface area contributed by atoms with Crippen LogP contribution in [-0.4, -0.2) is 30.0 Å². The number of carbonyl (C=O) groups excluding carboxylic acids is 1. The minimum absolute atomic E-state index is 0.164. The fourth-order valence-electron chi connectivity index (χ4n) is 3.69. The Bertz CT molecular complexity index is 547. The van der Waals surface area contributed by atoms with E-state index in [1.165, 1.54) is 30.4 Å². The molecule has 3 nitrogen and oxygen atoms in total. The molecule has 3 heteroatoms. The number of benzene rings is 1. The average Bonchev–Trinajstić information content (AvgIpc) is 2.59. The Balaban J connectivity index is 1.65. The third kappa shape index (κ3) is 3.88. The molecule has 23 heavy (non-hydrogen) atoms. The van der Waals surface area contributed by atoms with Gasteiger partial charge in [-0.05, 0) is 74.1 Å². The zero-order valence-corrected chi connectivity index (χ0v) is 14.5. The van der Waals surface area contributed by atoms with E-state index in [1.807, 2.05) is 17.9 Å². The van der Waals surface area contributed by atoms with Crippen molar-refractivity contribution >= 4 is 5.91 Å². The maximum Gasteiger partial charge on any atom is 0.263 e. The maximum atomic E-state index is 12.7. The monoisotopic (exact) mass is 315 g/mol. The zero-order chi connectivity index (χ0) is 16.2. The van der Waals surface area contributed by atoms with Gasteiger partial charge >= 0.3 is 0 Å². The molecule has 1 saturated heterocycles. The highest BCUT2D eigenvalue weighted by atomic mass is 16.5.